The second-order valence-corrected chi connectivity index (χ2v) is 6.40. The predicted molar refractivity (Wildman–Crippen MR) is 73.7 cm³/mol. The number of rotatable bonds is 5. The monoisotopic (exact) mass is 289 g/mol. The molecule has 0 atom stereocenters. The van der Waals surface area contributed by atoms with Crippen molar-refractivity contribution in [1.29, 1.82) is 0 Å². The molecule has 6 heteroatoms. The van der Waals surface area contributed by atoms with Crippen LogP contribution in [0.15, 0.2) is 16.0 Å². The molecule has 0 spiro atoms. The van der Waals surface area contributed by atoms with Gasteiger partial charge in [-0.25, -0.2) is 0 Å². The molecule has 20 heavy (non-hydrogen) atoms. The zero-order chi connectivity index (χ0) is 13.5. The molecule has 2 fully saturated rings. The van der Waals surface area contributed by atoms with Crippen molar-refractivity contribution in [2.24, 2.45) is 0 Å². The molecule has 0 aliphatic heterocycles. The number of nitrogens with one attached hydrogen (secondary N) is 1. The summed E-state index contributed by atoms with van der Waals surface area (Å²) in [5, 5.41) is 8.80. The van der Waals surface area contributed by atoms with Crippen LogP contribution in [-0.2, 0) is 6.54 Å². The molecule has 0 unspecified atom stereocenters. The molecule has 2 heterocycles. The van der Waals surface area contributed by atoms with E-state index in [-0.39, 0.29) is 5.91 Å². The van der Waals surface area contributed by atoms with Gasteiger partial charge in [0.15, 0.2) is 5.82 Å². The molecule has 104 valence electrons. The lowest BCUT2D eigenvalue weighted by molar-refractivity contribution is 0.0949. The molecule has 2 aromatic heterocycles. The maximum atomic E-state index is 12.2. The standard InChI is InChI=1S/C14H15N3O2S/c18-14(12-10(5-6-20-12)8-1-2-8)15-7-11-16-13(17-19-11)9-3-4-9/h5-6,8-9H,1-4,7H2,(H,15,18). The van der Waals surface area contributed by atoms with Gasteiger partial charge in [0.05, 0.1) is 11.4 Å². The van der Waals surface area contributed by atoms with Crippen LogP contribution in [0.2, 0.25) is 0 Å². The van der Waals surface area contributed by atoms with Gasteiger partial charge in [-0.1, -0.05) is 5.16 Å². The Morgan fingerprint density at radius 3 is 2.90 bits per heavy atom. The summed E-state index contributed by atoms with van der Waals surface area (Å²) in [7, 11) is 0. The zero-order valence-electron chi connectivity index (χ0n) is 11.0. The summed E-state index contributed by atoms with van der Waals surface area (Å²) in [4.78, 5) is 17.3. The van der Waals surface area contributed by atoms with E-state index < -0.39 is 0 Å². The van der Waals surface area contributed by atoms with E-state index in [4.69, 9.17) is 4.52 Å². The molecule has 0 radical (unpaired) electrons. The van der Waals surface area contributed by atoms with E-state index in [2.05, 4.69) is 21.5 Å². The molecule has 2 aromatic rings. The first-order valence-electron chi connectivity index (χ1n) is 6.99. The minimum atomic E-state index is -0.0342. The molecule has 1 amide bonds. The average molecular weight is 289 g/mol. The summed E-state index contributed by atoms with van der Waals surface area (Å²) >= 11 is 1.50. The van der Waals surface area contributed by atoms with Crippen molar-refractivity contribution in [3.8, 4) is 0 Å². The van der Waals surface area contributed by atoms with Crippen LogP contribution in [0.5, 0.6) is 0 Å². The van der Waals surface area contributed by atoms with E-state index in [1.165, 1.54) is 29.7 Å². The number of amides is 1. The maximum absolute atomic E-state index is 12.2. The maximum Gasteiger partial charge on any atom is 0.262 e. The zero-order valence-corrected chi connectivity index (χ0v) is 11.8. The number of aromatic nitrogens is 2. The summed E-state index contributed by atoms with van der Waals surface area (Å²) in [6.07, 6.45) is 4.69. The van der Waals surface area contributed by atoms with Crippen molar-refractivity contribution < 1.29 is 9.32 Å². The average Bonchev–Trinajstić information content (AvgIpc) is 3.39. The lowest BCUT2D eigenvalue weighted by Crippen LogP contribution is -2.22. The van der Waals surface area contributed by atoms with E-state index in [0.717, 1.165) is 23.5 Å². The molecule has 2 aliphatic rings. The third-order valence-corrected chi connectivity index (χ3v) is 4.67. The minimum Gasteiger partial charge on any atom is -0.342 e. The van der Waals surface area contributed by atoms with E-state index in [9.17, 15) is 4.79 Å². The Balaban J connectivity index is 1.40. The number of nitrogens with zero attached hydrogens (tertiary/aromatic N) is 2. The van der Waals surface area contributed by atoms with E-state index in [1.807, 2.05) is 5.38 Å². The van der Waals surface area contributed by atoms with Crippen LogP contribution in [-0.4, -0.2) is 16.0 Å². The normalized spacial score (nSPS) is 18.2. The lowest BCUT2D eigenvalue weighted by atomic mass is 10.1. The summed E-state index contributed by atoms with van der Waals surface area (Å²) in [6.45, 7) is 0.306. The van der Waals surface area contributed by atoms with Gasteiger partial charge in [0, 0.05) is 5.92 Å². The summed E-state index contributed by atoms with van der Waals surface area (Å²) in [5.41, 5.74) is 1.19. The van der Waals surface area contributed by atoms with E-state index in [0.29, 0.717) is 24.3 Å². The highest BCUT2D eigenvalue weighted by Gasteiger charge is 2.30. The van der Waals surface area contributed by atoms with Crippen LogP contribution >= 0.6 is 11.3 Å². The fourth-order valence-electron chi connectivity index (χ4n) is 2.30. The molecule has 0 aromatic carbocycles. The molecule has 4 rings (SSSR count). The summed E-state index contributed by atoms with van der Waals surface area (Å²) < 4.78 is 5.15. The van der Waals surface area contributed by atoms with Crippen LogP contribution in [0, 0.1) is 0 Å². The molecule has 2 aliphatic carbocycles. The lowest BCUT2D eigenvalue weighted by Gasteiger charge is -2.02. The first kappa shape index (κ1) is 12.1. The Bertz CT molecular complexity index is 640. The van der Waals surface area contributed by atoms with Gasteiger partial charge >= 0.3 is 0 Å². The van der Waals surface area contributed by atoms with Crippen LogP contribution < -0.4 is 5.32 Å². The van der Waals surface area contributed by atoms with Gasteiger partial charge in [0.25, 0.3) is 5.91 Å². The van der Waals surface area contributed by atoms with E-state index >= 15 is 0 Å². The Labute approximate surface area is 120 Å². The molecular formula is C14H15N3O2S. The van der Waals surface area contributed by atoms with Gasteiger partial charge in [0.1, 0.15) is 0 Å². The van der Waals surface area contributed by atoms with Crippen molar-refractivity contribution in [2.45, 2.75) is 44.1 Å². The molecule has 0 saturated heterocycles. The first-order chi connectivity index (χ1) is 9.81. The highest BCUT2D eigenvalue weighted by molar-refractivity contribution is 7.12. The molecule has 0 bridgehead atoms. The van der Waals surface area contributed by atoms with Crippen molar-refractivity contribution in [3.63, 3.8) is 0 Å². The second-order valence-electron chi connectivity index (χ2n) is 5.48. The van der Waals surface area contributed by atoms with Gasteiger partial charge in [-0.3, -0.25) is 4.79 Å². The molecular weight excluding hydrogens is 274 g/mol. The van der Waals surface area contributed by atoms with Crippen LogP contribution in [0.4, 0.5) is 0 Å². The van der Waals surface area contributed by atoms with Crippen molar-refractivity contribution in [1.82, 2.24) is 15.5 Å². The van der Waals surface area contributed by atoms with Gasteiger partial charge in [-0.2, -0.15) is 4.98 Å². The Morgan fingerprint density at radius 2 is 2.15 bits per heavy atom. The fourth-order valence-corrected chi connectivity index (χ4v) is 3.20. The predicted octanol–water partition coefficient (Wildman–Crippen LogP) is 2.82. The summed E-state index contributed by atoms with van der Waals surface area (Å²) in [5.74, 6) is 2.30. The van der Waals surface area contributed by atoms with Crippen LogP contribution in [0.3, 0.4) is 0 Å². The van der Waals surface area contributed by atoms with Gasteiger partial charge < -0.3 is 9.84 Å². The Kier molecular flexibility index (Phi) is 2.84. The third kappa shape index (κ3) is 2.35. The SMILES string of the molecule is O=C(NCc1nc(C2CC2)no1)c1sccc1C1CC1. The number of carbonyl (C=O) groups excluding carboxylic acids is 1. The van der Waals surface area contributed by atoms with E-state index in [1.54, 1.807) is 0 Å². The smallest absolute Gasteiger partial charge is 0.262 e. The fraction of sp³-hybridized carbons (Fsp3) is 0.500. The topological polar surface area (TPSA) is 68.0 Å². The van der Waals surface area contributed by atoms with Crippen molar-refractivity contribution >= 4 is 17.2 Å². The highest BCUT2D eigenvalue weighted by atomic mass is 32.1. The number of carbonyl (C=O) groups is 1. The quantitative estimate of drug-likeness (QED) is 0.919. The minimum absolute atomic E-state index is 0.0342. The third-order valence-electron chi connectivity index (χ3n) is 3.75. The van der Waals surface area contributed by atoms with Crippen molar-refractivity contribution in [3.05, 3.63) is 33.6 Å². The molecule has 1 N–H and O–H groups in total. The second kappa shape index (κ2) is 4.70. The number of thiophene rings is 1. The van der Waals surface area contributed by atoms with Gasteiger partial charge in [-0.15, -0.1) is 11.3 Å². The van der Waals surface area contributed by atoms with Crippen LogP contribution in [0.25, 0.3) is 0 Å². The van der Waals surface area contributed by atoms with Crippen molar-refractivity contribution in [2.75, 3.05) is 0 Å². The Morgan fingerprint density at radius 1 is 1.35 bits per heavy atom. The molecule has 2 saturated carbocycles. The largest absolute Gasteiger partial charge is 0.342 e. The van der Waals surface area contributed by atoms with Crippen LogP contribution in [0.1, 0.15) is 64.5 Å². The van der Waals surface area contributed by atoms with Gasteiger partial charge in [-0.05, 0) is 48.6 Å². The molecule has 5 nitrogen and oxygen atoms in total. The first-order valence-corrected chi connectivity index (χ1v) is 7.87. The number of hydrogen-bond acceptors (Lipinski definition) is 5. The summed E-state index contributed by atoms with van der Waals surface area (Å²) in [6, 6.07) is 2.06. The number of hydrogen-bond donors (Lipinski definition) is 1. The highest BCUT2D eigenvalue weighted by Crippen LogP contribution is 2.43. The Hall–Kier alpha value is -1.69. The van der Waals surface area contributed by atoms with Gasteiger partial charge in [0.2, 0.25) is 5.89 Å².